The fourth-order valence-electron chi connectivity index (χ4n) is 16.0. The molecule has 0 aromatic heterocycles. The fourth-order valence-corrected chi connectivity index (χ4v) is 16.0. The van der Waals surface area contributed by atoms with Crippen molar-refractivity contribution in [2.75, 3.05) is 29.4 Å². The first kappa shape index (κ1) is 56.7. The van der Waals surface area contributed by atoms with E-state index in [1.807, 2.05) is 0 Å². The molecule has 17 rings (SSSR count). The molecule has 4 aliphatic rings. The van der Waals surface area contributed by atoms with E-state index in [0.29, 0.717) is 0 Å². The second kappa shape index (κ2) is 22.3. The van der Waals surface area contributed by atoms with Crippen LogP contribution < -0.4 is 62.2 Å². The summed E-state index contributed by atoms with van der Waals surface area (Å²) in [6.07, 6.45) is 0. The van der Waals surface area contributed by atoms with Crippen LogP contribution in [0.4, 0.5) is 102 Å². The minimum Gasteiger partial charge on any atom is -0.310 e. The molecule has 0 saturated carbocycles. The molecule has 0 bridgehead atoms. The summed E-state index contributed by atoms with van der Waals surface area (Å²) in [5.74, 6) is 0. The van der Waals surface area contributed by atoms with Crippen LogP contribution in [0.25, 0.3) is 0 Å². The van der Waals surface area contributed by atoms with Gasteiger partial charge in [-0.2, -0.15) is 0 Å². The number of nitrogens with zero attached hydrogens (tertiary/aromatic N) is 6. The van der Waals surface area contributed by atoms with Gasteiger partial charge in [-0.3, -0.25) is 0 Å². The Morgan fingerprint density at radius 1 is 0.234 bits per heavy atom. The van der Waals surface area contributed by atoms with Crippen LogP contribution in [0, 0.1) is 55.4 Å². The van der Waals surface area contributed by atoms with E-state index in [1.54, 1.807) is 0 Å². The third-order valence-corrected chi connectivity index (χ3v) is 19.9. The van der Waals surface area contributed by atoms with Gasteiger partial charge in [0.2, 0.25) is 13.4 Å². The van der Waals surface area contributed by atoms with E-state index in [-0.39, 0.29) is 13.4 Å². The monoisotopic (exact) mass is 1210 g/mol. The number of hydrogen-bond donors (Lipinski definition) is 0. The Bertz CT molecular complexity index is 4760. The maximum atomic E-state index is 2.64. The normalized spacial score (nSPS) is 13.0. The summed E-state index contributed by atoms with van der Waals surface area (Å²) in [7, 11) is 0. The van der Waals surface area contributed by atoms with Gasteiger partial charge in [0.1, 0.15) is 0 Å². The summed E-state index contributed by atoms with van der Waals surface area (Å²) in [6, 6.07) is 106. The summed E-state index contributed by atoms with van der Waals surface area (Å²) in [5.41, 5.74) is 37.5. The third kappa shape index (κ3) is 9.02. The molecule has 13 aromatic rings. The molecule has 94 heavy (non-hydrogen) atoms. The first-order chi connectivity index (χ1) is 45.9. The van der Waals surface area contributed by atoms with Crippen molar-refractivity contribution in [3.63, 3.8) is 0 Å². The van der Waals surface area contributed by atoms with E-state index >= 15 is 0 Å². The van der Waals surface area contributed by atoms with Crippen LogP contribution in [-0.4, -0.2) is 13.4 Å². The van der Waals surface area contributed by atoms with Gasteiger partial charge >= 0.3 is 0 Å². The van der Waals surface area contributed by atoms with Crippen LogP contribution in [0.2, 0.25) is 0 Å². The zero-order valence-electron chi connectivity index (χ0n) is 54.4. The van der Waals surface area contributed by atoms with E-state index in [1.165, 1.54) is 88.7 Å². The van der Waals surface area contributed by atoms with Crippen molar-refractivity contribution in [3.05, 3.63) is 324 Å². The number of benzene rings is 13. The number of anilines is 18. The highest BCUT2D eigenvalue weighted by molar-refractivity contribution is 7.01. The molecule has 0 aliphatic carbocycles. The van der Waals surface area contributed by atoms with Crippen LogP contribution >= 0.6 is 0 Å². The standard InChI is InChI=1S/C86H70B2N6/c1-55-37-41-73(59(5)45-55)91(74-42-38-56(2)46-60(74)6)67-49-71-85-83(51-67)89(65-29-17-11-18-30-65)77-33-21-23-35-79(77)93(85)81-54-82-70(53-69(81)87(71)63-25-13-9-14-26-63)88(64-27-15-10-16-28-64)72-50-68(92(75-43-39-57(3)47-61(75)7)76-44-40-58(4)48-62(76)8)52-84-86(72)94(82)80-36-24-22-34-78(80)90(84)66-31-19-12-20-32-66/h9-54H,1-8H3. The van der Waals surface area contributed by atoms with Crippen molar-refractivity contribution in [1.82, 2.24) is 0 Å². The molecule has 0 unspecified atom stereocenters. The average Bonchev–Trinajstić information content (AvgIpc) is 0.686. The summed E-state index contributed by atoms with van der Waals surface area (Å²) >= 11 is 0. The SMILES string of the molecule is Cc1ccc(N(c2cc3c4c(c2)N(c2ccccc2)c2ccccc2N4c2cc4c(cc2B3c2ccccc2)B(c2ccccc2)c2cc(N(c3ccc(C)cc3C)c3ccc(C)cc3C)cc3c2N4c2ccccc2N3c2ccccc2)c2ccc(C)cc2C)c(C)c1. The highest BCUT2D eigenvalue weighted by atomic mass is 15.3. The molecular weight excluding hydrogens is 1140 g/mol. The van der Waals surface area contributed by atoms with Gasteiger partial charge in [0.25, 0.3) is 0 Å². The molecular formula is C86H70B2N6. The lowest BCUT2D eigenvalue weighted by molar-refractivity contribution is 1.15. The maximum Gasteiger partial charge on any atom is 0.246 e. The fraction of sp³-hybridized carbons (Fsp3) is 0.0930. The number of rotatable bonds is 10. The van der Waals surface area contributed by atoms with E-state index in [2.05, 4.69) is 364 Å². The molecule has 8 heteroatoms. The molecule has 4 aliphatic heterocycles. The highest BCUT2D eigenvalue weighted by Crippen LogP contribution is 2.60. The number of hydrogen-bond acceptors (Lipinski definition) is 6. The van der Waals surface area contributed by atoms with Crippen molar-refractivity contribution in [1.29, 1.82) is 0 Å². The Balaban J connectivity index is 1.00. The number of para-hydroxylation sites is 6. The molecule has 0 atom stereocenters. The lowest BCUT2D eigenvalue weighted by Gasteiger charge is -2.49. The molecule has 0 fully saturated rings. The molecule has 0 amide bonds. The van der Waals surface area contributed by atoms with Crippen LogP contribution in [0.1, 0.15) is 44.5 Å². The van der Waals surface area contributed by atoms with Crippen molar-refractivity contribution in [2.24, 2.45) is 0 Å². The van der Waals surface area contributed by atoms with Crippen molar-refractivity contribution in [2.45, 2.75) is 55.4 Å². The van der Waals surface area contributed by atoms with Gasteiger partial charge in [0.05, 0.1) is 45.5 Å². The highest BCUT2D eigenvalue weighted by Gasteiger charge is 2.48. The minimum absolute atomic E-state index is 0.208. The summed E-state index contributed by atoms with van der Waals surface area (Å²) < 4.78 is 0. The number of fused-ring (bicyclic) bond motifs is 8. The van der Waals surface area contributed by atoms with Crippen LogP contribution in [-0.2, 0) is 0 Å². The maximum absolute atomic E-state index is 2.64. The molecule has 13 aromatic carbocycles. The molecule has 0 saturated heterocycles. The van der Waals surface area contributed by atoms with E-state index in [0.717, 1.165) is 91.0 Å². The molecule has 0 spiro atoms. The van der Waals surface area contributed by atoms with Gasteiger partial charge in [0.15, 0.2) is 0 Å². The Morgan fingerprint density at radius 2 is 0.532 bits per heavy atom. The molecule has 450 valence electrons. The van der Waals surface area contributed by atoms with Crippen LogP contribution in [0.3, 0.4) is 0 Å². The molecule has 0 N–H and O–H groups in total. The quantitative estimate of drug-likeness (QED) is 0.126. The summed E-state index contributed by atoms with van der Waals surface area (Å²) in [6.45, 7) is 17.4. The second-order valence-corrected chi connectivity index (χ2v) is 26.3. The second-order valence-electron chi connectivity index (χ2n) is 26.3. The van der Waals surface area contributed by atoms with Crippen molar-refractivity contribution in [3.8, 4) is 0 Å². The number of aryl methyl sites for hydroxylation is 8. The molecule has 4 heterocycles. The van der Waals surface area contributed by atoms with Gasteiger partial charge in [-0.25, -0.2) is 0 Å². The van der Waals surface area contributed by atoms with Gasteiger partial charge in [-0.1, -0.05) is 209 Å². The van der Waals surface area contributed by atoms with Crippen molar-refractivity contribution >= 4 is 149 Å². The van der Waals surface area contributed by atoms with E-state index in [9.17, 15) is 0 Å². The summed E-state index contributed by atoms with van der Waals surface area (Å²) in [4.78, 5) is 15.4. The first-order valence-corrected chi connectivity index (χ1v) is 33.0. The van der Waals surface area contributed by atoms with Gasteiger partial charge < -0.3 is 29.4 Å². The zero-order valence-corrected chi connectivity index (χ0v) is 54.4. The lowest BCUT2D eigenvalue weighted by atomic mass is 9.31. The average molecular weight is 1210 g/mol. The third-order valence-electron chi connectivity index (χ3n) is 19.9. The Labute approximate surface area is 553 Å². The smallest absolute Gasteiger partial charge is 0.246 e. The Morgan fingerprint density at radius 3 is 0.851 bits per heavy atom. The Kier molecular flexibility index (Phi) is 13.5. The molecule has 0 radical (unpaired) electrons. The van der Waals surface area contributed by atoms with Gasteiger partial charge in [0, 0.05) is 56.9 Å². The van der Waals surface area contributed by atoms with Gasteiger partial charge in [-0.05, 0) is 203 Å². The van der Waals surface area contributed by atoms with E-state index in [4.69, 9.17) is 0 Å². The van der Waals surface area contributed by atoms with Crippen molar-refractivity contribution < 1.29 is 0 Å². The topological polar surface area (TPSA) is 19.4 Å². The van der Waals surface area contributed by atoms with Crippen LogP contribution in [0.15, 0.2) is 279 Å². The molecule has 6 nitrogen and oxygen atoms in total. The van der Waals surface area contributed by atoms with E-state index < -0.39 is 0 Å². The van der Waals surface area contributed by atoms with Crippen LogP contribution in [0.5, 0.6) is 0 Å². The predicted octanol–water partition coefficient (Wildman–Crippen LogP) is 19.3. The minimum atomic E-state index is -0.208. The summed E-state index contributed by atoms with van der Waals surface area (Å²) in [5, 5.41) is 0. The van der Waals surface area contributed by atoms with Gasteiger partial charge in [-0.15, -0.1) is 0 Å². The first-order valence-electron chi connectivity index (χ1n) is 33.0. The lowest BCUT2D eigenvalue weighted by Crippen LogP contribution is -2.62. The largest absolute Gasteiger partial charge is 0.310 e. The zero-order chi connectivity index (χ0) is 63.6. The predicted molar refractivity (Wildman–Crippen MR) is 402 cm³/mol. The Hall–Kier alpha value is -11.2.